The van der Waals surface area contributed by atoms with Gasteiger partial charge in [0.25, 0.3) is 5.56 Å². The smallest absolute Gasteiger partial charge is 0.261 e. The van der Waals surface area contributed by atoms with Crippen molar-refractivity contribution in [1.82, 2.24) is 20.0 Å². The summed E-state index contributed by atoms with van der Waals surface area (Å²) in [5.41, 5.74) is 1.18. The molecule has 8 nitrogen and oxygen atoms in total. The van der Waals surface area contributed by atoms with Gasteiger partial charge in [-0.05, 0) is 38.3 Å². The number of hydrogen-bond donors (Lipinski definition) is 1. The van der Waals surface area contributed by atoms with Crippen LogP contribution in [0.1, 0.15) is 44.2 Å². The Morgan fingerprint density at radius 2 is 2.26 bits per heavy atom. The molecule has 0 spiro atoms. The quantitative estimate of drug-likeness (QED) is 0.757. The normalized spacial score (nSPS) is 16.6. The third-order valence-corrected chi connectivity index (χ3v) is 4.67. The Labute approximate surface area is 157 Å². The highest BCUT2D eigenvalue weighted by molar-refractivity contribution is 5.76. The molecule has 8 heteroatoms. The fraction of sp³-hybridized carbons (Fsp3) is 0.579. The average Bonchev–Trinajstić information content (AvgIpc) is 3.33. The van der Waals surface area contributed by atoms with Gasteiger partial charge >= 0.3 is 0 Å². The largest absolute Gasteiger partial charge is 0.376 e. The Bertz CT molecular complexity index is 836. The van der Waals surface area contributed by atoms with Crippen molar-refractivity contribution in [3.63, 3.8) is 0 Å². The minimum Gasteiger partial charge on any atom is -0.376 e. The number of rotatable bonds is 8. The molecule has 0 unspecified atom stereocenters. The summed E-state index contributed by atoms with van der Waals surface area (Å²) in [6.07, 6.45) is 3.60. The molecule has 1 saturated heterocycles. The van der Waals surface area contributed by atoms with Crippen LogP contribution in [0.15, 0.2) is 21.5 Å². The number of amides is 1. The molecular weight excluding hydrogens is 348 g/mol. The van der Waals surface area contributed by atoms with Crippen molar-refractivity contribution < 1.29 is 14.1 Å². The maximum absolute atomic E-state index is 12.6. The molecule has 3 heterocycles. The van der Waals surface area contributed by atoms with Crippen molar-refractivity contribution in [2.45, 2.75) is 58.6 Å². The number of aryl methyl sites for hydroxylation is 2. The highest BCUT2D eigenvalue weighted by Gasteiger charge is 2.17. The van der Waals surface area contributed by atoms with Crippen molar-refractivity contribution in [3.8, 4) is 11.4 Å². The van der Waals surface area contributed by atoms with E-state index in [0.29, 0.717) is 31.0 Å². The van der Waals surface area contributed by atoms with Gasteiger partial charge < -0.3 is 19.1 Å². The molecule has 27 heavy (non-hydrogen) atoms. The zero-order valence-electron chi connectivity index (χ0n) is 15.9. The summed E-state index contributed by atoms with van der Waals surface area (Å²) in [5, 5.41) is 6.78. The number of hydrogen-bond acceptors (Lipinski definition) is 6. The number of pyridine rings is 1. The minimum absolute atomic E-state index is 0.0779. The lowest BCUT2D eigenvalue weighted by Gasteiger charge is -2.10. The van der Waals surface area contributed by atoms with E-state index in [9.17, 15) is 9.59 Å². The SMILES string of the molecule is CCCn1c(C)ccc(-c2noc(CCC(=O)NC[C@@H]3CCCO3)n2)c1=O. The molecule has 0 aliphatic carbocycles. The second kappa shape index (κ2) is 8.94. The first-order valence-corrected chi connectivity index (χ1v) is 9.50. The summed E-state index contributed by atoms with van der Waals surface area (Å²) in [7, 11) is 0. The lowest BCUT2D eigenvalue weighted by atomic mass is 10.2. The maximum Gasteiger partial charge on any atom is 0.261 e. The number of nitrogens with one attached hydrogen (secondary N) is 1. The number of ether oxygens (including phenoxy) is 1. The Kier molecular flexibility index (Phi) is 6.39. The molecule has 1 amide bonds. The first-order chi connectivity index (χ1) is 13.1. The van der Waals surface area contributed by atoms with Gasteiger partial charge in [0.05, 0.1) is 11.7 Å². The van der Waals surface area contributed by atoms with Crippen LogP contribution in [0.5, 0.6) is 0 Å². The van der Waals surface area contributed by atoms with Gasteiger partial charge in [-0.25, -0.2) is 0 Å². The predicted octanol–water partition coefficient (Wildman–Crippen LogP) is 1.84. The fourth-order valence-electron chi connectivity index (χ4n) is 3.15. The molecule has 146 valence electrons. The molecule has 1 aliphatic rings. The van der Waals surface area contributed by atoms with Crippen molar-refractivity contribution in [3.05, 3.63) is 34.1 Å². The molecule has 0 bridgehead atoms. The standard InChI is InChI=1S/C19H26N4O4/c1-3-10-23-13(2)6-7-15(19(23)25)18-21-17(27-22-18)9-8-16(24)20-12-14-5-4-11-26-14/h6-7,14H,3-5,8-12H2,1-2H3,(H,20,24)/t14-/m0/s1. The number of carbonyl (C=O) groups is 1. The van der Waals surface area contributed by atoms with Gasteiger partial charge in [-0.15, -0.1) is 0 Å². The van der Waals surface area contributed by atoms with Crippen LogP contribution in [0.3, 0.4) is 0 Å². The number of carbonyl (C=O) groups excluding carboxylic acids is 1. The second-order valence-electron chi connectivity index (χ2n) is 6.80. The van der Waals surface area contributed by atoms with Gasteiger partial charge in [-0.2, -0.15) is 4.98 Å². The highest BCUT2D eigenvalue weighted by Crippen LogP contribution is 2.14. The van der Waals surface area contributed by atoms with Crippen LogP contribution in [0.2, 0.25) is 0 Å². The van der Waals surface area contributed by atoms with Gasteiger partial charge in [0.15, 0.2) is 0 Å². The highest BCUT2D eigenvalue weighted by atomic mass is 16.5. The fourth-order valence-corrected chi connectivity index (χ4v) is 3.15. The molecule has 1 atom stereocenters. The second-order valence-corrected chi connectivity index (χ2v) is 6.80. The van der Waals surface area contributed by atoms with Crippen molar-refractivity contribution >= 4 is 5.91 Å². The summed E-state index contributed by atoms with van der Waals surface area (Å²) in [5.74, 6) is 0.532. The van der Waals surface area contributed by atoms with Crippen LogP contribution >= 0.6 is 0 Å². The minimum atomic E-state index is -0.126. The van der Waals surface area contributed by atoms with E-state index in [0.717, 1.165) is 31.6 Å². The Morgan fingerprint density at radius 1 is 1.41 bits per heavy atom. The van der Waals surface area contributed by atoms with Crippen LogP contribution < -0.4 is 10.9 Å². The zero-order chi connectivity index (χ0) is 19.2. The predicted molar refractivity (Wildman–Crippen MR) is 99.3 cm³/mol. The van der Waals surface area contributed by atoms with Gasteiger partial charge in [0, 0.05) is 38.2 Å². The van der Waals surface area contributed by atoms with Crippen LogP contribution in [0, 0.1) is 6.92 Å². The Morgan fingerprint density at radius 3 is 3.00 bits per heavy atom. The van der Waals surface area contributed by atoms with Gasteiger partial charge in [0.2, 0.25) is 17.6 Å². The summed E-state index contributed by atoms with van der Waals surface area (Å²) >= 11 is 0. The number of aromatic nitrogens is 3. The summed E-state index contributed by atoms with van der Waals surface area (Å²) in [6.45, 7) is 5.87. The topological polar surface area (TPSA) is 99.2 Å². The maximum atomic E-state index is 12.6. The van der Waals surface area contributed by atoms with Crippen molar-refractivity contribution in [2.24, 2.45) is 0 Å². The Hall–Kier alpha value is -2.48. The third kappa shape index (κ3) is 4.82. The van der Waals surface area contributed by atoms with Crippen LogP contribution in [0.25, 0.3) is 11.4 Å². The molecule has 1 N–H and O–H groups in total. The van der Waals surface area contributed by atoms with Crippen molar-refractivity contribution in [1.29, 1.82) is 0 Å². The summed E-state index contributed by atoms with van der Waals surface area (Å²) in [6, 6.07) is 3.59. The molecular formula is C19H26N4O4. The van der Waals surface area contributed by atoms with E-state index in [1.807, 2.05) is 19.9 Å². The van der Waals surface area contributed by atoms with Crippen LogP contribution in [-0.2, 0) is 22.5 Å². The lowest BCUT2D eigenvalue weighted by molar-refractivity contribution is -0.121. The molecule has 2 aromatic heterocycles. The molecule has 0 radical (unpaired) electrons. The zero-order valence-corrected chi connectivity index (χ0v) is 15.9. The van der Waals surface area contributed by atoms with Gasteiger partial charge in [-0.1, -0.05) is 12.1 Å². The van der Waals surface area contributed by atoms with Gasteiger partial charge in [0.1, 0.15) is 0 Å². The van der Waals surface area contributed by atoms with E-state index < -0.39 is 0 Å². The molecule has 0 aromatic carbocycles. The van der Waals surface area contributed by atoms with E-state index in [1.54, 1.807) is 10.6 Å². The Balaban J connectivity index is 1.59. The first kappa shape index (κ1) is 19.3. The molecule has 1 fully saturated rings. The van der Waals surface area contributed by atoms with Gasteiger partial charge in [-0.3, -0.25) is 9.59 Å². The molecule has 3 rings (SSSR count). The van der Waals surface area contributed by atoms with E-state index >= 15 is 0 Å². The molecule has 1 aliphatic heterocycles. The van der Waals surface area contributed by atoms with E-state index in [4.69, 9.17) is 9.26 Å². The monoisotopic (exact) mass is 374 g/mol. The van der Waals surface area contributed by atoms with E-state index in [1.165, 1.54) is 0 Å². The van der Waals surface area contributed by atoms with Crippen molar-refractivity contribution in [2.75, 3.05) is 13.2 Å². The van der Waals surface area contributed by atoms with E-state index in [-0.39, 0.29) is 29.8 Å². The summed E-state index contributed by atoms with van der Waals surface area (Å²) in [4.78, 5) is 28.9. The van der Waals surface area contributed by atoms with Crippen LogP contribution in [0.4, 0.5) is 0 Å². The summed E-state index contributed by atoms with van der Waals surface area (Å²) < 4.78 is 12.4. The molecule has 0 saturated carbocycles. The number of nitrogens with zero attached hydrogens (tertiary/aromatic N) is 3. The van der Waals surface area contributed by atoms with Crippen LogP contribution in [-0.4, -0.2) is 39.9 Å². The van der Waals surface area contributed by atoms with E-state index in [2.05, 4.69) is 15.5 Å². The average molecular weight is 374 g/mol. The third-order valence-electron chi connectivity index (χ3n) is 4.67. The molecule has 2 aromatic rings. The lowest BCUT2D eigenvalue weighted by Crippen LogP contribution is -2.31. The first-order valence-electron chi connectivity index (χ1n) is 9.50.